The Morgan fingerprint density at radius 3 is 2.47 bits per heavy atom. The number of phenols is 1. The molecule has 0 aliphatic heterocycles. The molecule has 0 saturated heterocycles. The smallest absolute Gasteiger partial charge is 0.257 e. The molecule has 0 atom stereocenters. The van der Waals surface area contributed by atoms with Gasteiger partial charge in [-0.05, 0) is 32.9 Å². The van der Waals surface area contributed by atoms with Crippen LogP contribution in [0.15, 0.2) is 24.3 Å². The third-order valence-electron chi connectivity index (χ3n) is 2.36. The topological polar surface area (TPSA) is 40.5 Å². The summed E-state index contributed by atoms with van der Waals surface area (Å²) in [4.78, 5) is 13.7. The Hall–Kier alpha value is -1.51. The van der Waals surface area contributed by atoms with Crippen LogP contribution in [0.25, 0.3) is 0 Å². The van der Waals surface area contributed by atoms with Gasteiger partial charge in [-0.15, -0.1) is 0 Å². The average Bonchev–Trinajstić information content (AvgIpc) is 2.18. The Bertz CT molecular complexity index is 347. The summed E-state index contributed by atoms with van der Waals surface area (Å²) in [6.07, 6.45) is 0. The zero-order valence-electron chi connectivity index (χ0n) is 9.40. The molecule has 0 aromatic heterocycles. The quantitative estimate of drug-likeness (QED) is 0.826. The second-order valence-corrected chi connectivity index (χ2v) is 3.70. The van der Waals surface area contributed by atoms with E-state index in [9.17, 15) is 9.90 Å². The van der Waals surface area contributed by atoms with E-state index in [0.717, 1.165) is 0 Å². The summed E-state index contributed by atoms with van der Waals surface area (Å²) in [7, 11) is 0. The molecule has 3 nitrogen and oxygen atoms in total. The minimum atomic E-state index is -0.120. The molecule has 15 heavy (non-hydrogen) atoms. The molecule has 0 aliphatic rings. The normalized spacial score (nSPS) is 10.4. The Balaban J connectivity index is 2.98. The maximum absolute atomic E-state index is 12.0. The van der Waals surface area contributed by atoms with Gasteiger partial charge in [0, 0.05) is 12.6 Å². The maximum atomic E-state index is 12.0. The number of carbonyl (C=O) groups is 1. The molecule has 3 heteroatoms. The minimum Gasteiger partial charge on any atom is -0.507 e. The van der Waals surface area contributed by atoms with E-state index in [1.165, 1.54) is 6.07 Å². The van der Waals surface area contributed by atoms with E-state index in [0.29, 0.717) is 12.1 Å². The largest absolute Gasteiger partial charge is 0.507 e. The van der Waals surface area contributed by atoms with Gasteiger partial charge in [0.15, 0.2) is 0 Å². The lowest BCUT2D eigenvalue weighted by Gasteiger charge is -2.25. The molecule has 1 N–H and O–H groups in total. The Labute approximate surface area is 90.3 Å². The van der Waals surface area contributed by atoms with Crippen molar-refractivity contribution in [1.82, 2.24) is 4.90 Å². The first kappa shape index (κ1) is 11.6. The molecule has 0 heterocycles. The molecule has 0 fully saturated rings. The van der Waals surface area contributed by atoms with Crippen LogP contribution in [0.5, 0.6) is 5.75 Å². The van der Waals surface area contributed by atoms with Crippen molar-refractivity contribution in [1.29, 1.82) is 0 Å². The summed E-state index contributed by atoms with van der Waals surface area (Å²) in [5.41, 5.74) is 0.369. The molecule has 1 amide bonds. The SMILES string of the molecule is CCN(C(=O)c1ccccc1O)C(C)C. The fourth-order valence-corrected chi connectivity index (χ4v) is 1.55. The van der Waals surface area contributed by atoms with Gasteiger partial charge in [-0.3, -0.25) is 4.79 Å². The number of amides is 1. The molecule has 0 saturated carbocycles. The third kappa shape index (κ3) is 2.49. The van der Waals surface area contributed by atoms with E-state index in [-0.39, 0.29) is 17.7 Å². The van der Waals surface area contributed by atoms with Crippen molar-refractivity contribution in [3.63, 3.8) is 0 Å². The predicted octanol–water partition coefficient (Wildman–Crippen LogP) is 2.26. The van der Waals surface area contributed by atoms with Crippen LogP contribution in [-0.4, -0.2) is 28.5 Å². The molecule has 1 aromatic carbocycles. The lowest BCUT2D eigenvalue weighted by Crippen LogP contribution is -2.36. The molecular weight excluding hydrogens is 190 g/mol. The highest BCUT2D eigenvalue weighted by molar-refractivity contribution is 5.96. The van der Waals surface area contributed by atoms with Gasteiger partial charge in [-0.25, -0.2) is 0 Å². The molecule has 0 spiro atoms. The maximum Gasteiger partial charge on any atom is 0.257 e. The number of hydrogen-bond donors (Lipinski definition) is 1. The Morgan fingerprint density at radius 2 is 2.00 bits per heavy atom. The van der Waals surface area contributed by atoms with E-state index >= 15 is 0 Å². The van der Waals surface area contributed by atoms with E-state index in [1.54, 1.807) is 23.1 Å². The van der Waals surface area contributed by atoms with Crippen LogP contribution in [-0.2, 0) is 0 Å². The van der Waals surface area contributed by atoms with E-state index < -0.39 is 0 Å². The first-order chi connectivity index (χ1) is 7.07. The van der Waals surface area contributed by atoms with E-state index in [2.05, 4.69) is 0 Å². The number of carbonyl (C=O) groups excluding carboxylic acids is 1. The van der Waals surface area contributed by atoms with Crippen molar-refractivity contribution >= 4 is 5.91 Å². The Kier molecular flexibility index (Phi) is 3.72. The number of para-hydroxylation sites is 1. The standard InChI is InChI=1S/C12H17NO2/c1-4-13(9(2)3)12(15)10-7-5-6-8-11(10)14/h5-9,14H,4H2,1-3H3. The lowest BCUT2D eigenvalue weighted by atomic mass is 10.1. The molecule has 1 aromatic rings. The third-order valence-corrected chi connectivity index (χ3v) is 2.36. The number of nitrogens with zero attached hydrogens (tertiary/aromatic N) is 1. The van der Waals surface area contributed by atoms with Crippen LogP contribution in [0.2, 0.25) is 0 Å². The lowest BCUT2D eigenvalue weighted by molar-refractivity contribution is 0.0714. The second-order valence-electron chi connectivity index (χ2n) is 3.70. The summed E-state index contributed by atoms with van der Waals surface area (Å²) in [5.74, 6) is -0.0767. The van der Waals surface area contributed by atoms with Gasteiger partial charge < -0.3 is 10.0 Å². The van der Waals surface area contributed by atoms with Crippen LogP contribution in [0, 0.1) is 0 Å². The highest BCUT2D eigenvalue weighted by atomic mass is 16.3. The molecule has 0 aliphatic carbocycles. The highest BCUT2D eigenvalue weighted by Crippen LogP contribution is 2.18. The van der Waals surface area contributed by atoms with Crippen molar-refractivity contribution in [3.8, 4) is 5.75 Å². The van der Waals surface area contributed by atoms with Crippen molar-refractivity contribution in [2.24, 2.45) is 0 Å². The van der Waals surface area contributed by atoms with Crippen LogP contribution in [0.3, 0.4) is 0 Å². The molecule has 0 radical (unpaired) electrons. The average molecular weight is 207 g/mol. The zero-order valence-corrected chi connectivity index (χ0v) is 9.40. The first-order valence-corrected chi connectivity index (χ1v) is 5.16. The molecular formula is C12H17NO2. The van der Waals surface area contributed by atoms with Crippen molar-refractivity contribution < 1.29 is 9.90 Å². The van der Waals surface area contributed by atoms with Gasteiger partial charge in [0.05, 0.1) is 5.56 Å². The second kappa shape index (κ2) is 4.82. The van der Waals surface area contributed by atoms with Crippen LogP contribution >= 0.6 is 0 Å². The Morgan fingerprint density at radius 1 is 1.40 bits per heavy atom. The number of aromatic hydroxyl groups is 1. The van der Waals surface area contributed by atoms with Crippen molar-refractivity contribution in [3.05, 3.63) is 29.8 Å². The van der Waals surface area contributed by atoms with Gasteiger partial charge >= 0.3 is 0 Å². The van der Waals surface area contributed by atoms with E-state index in [4.69, 9.17) is 0 Å². The molecule has 1 rings (SSSR count). The monoisotopic (exact) mass is 207 g/mol. The summed E-state index contributed by atoms with van der Waals surface area (Å²) in [6, 6.07) is 6.77. The molecule has 82 valence electrons. The summed E-state index contributed by atoms with van der Waals surface area (Å²) >= 11 is 0. The fourth-order valence-electron chi connectivity index (χ4n) is 1.55. The van der Waals surface area contributed by atoms with Crippen LogP contribution < -0.4 is 0 Å². The zero-order chi connectivity index (χ0) is 11.4. The van der Waals surface area contributed by atoms with Gasteiger partial charge in [-0.2, -0.15) is 0 Å². The predicted molar refractivity (Wildman–Crippen MR) is 60.0 cm³/mol. The summed E-state index contributed by atoms with van der Waals surface area (Å²) in [6.45, 7) is 6.49. The van der Waals surface area contributed by atoms with Crippen LogP contribution in [0.4, 0.5) is 0 Å². The van der Waals surface area contributed by atoms with Gasteiger partial charge in [0.1, 0.15) is 5.75 Å². The molecule has 0 bridgehead atoms. The fraction of sp³-hybridized carbons (Fsp3) is 0.417. The number of phenolic OH excluding ortho intramolecular Hbond substituents is 1. The van der Waals surface area contributed by atoms with Gasteiger partial charge in [0.25, 0.3) is 5.91 Å². The number of rotatable bonds is 3. The molecule has 0 unspecified atom stereocenters. The number of hydrogen-bond acceptors (Lipinski definition) is 2. The van der Waals surface area contributed by atoms with E-state index in [1.807, 2.05) is 20.8 Å². The van der Waals surface area contributed by atoms with Crippen LogP contribution in [0.1, 0.15) is 31.1 Å². The minimum absolute atomic E-state index is 0.0431. The highest BCUT2D eigenvalue weighted by Gasteiger charge is 2.19. The van der Waals surface area contributed by atoms with Gasteiger partial charge in [-0.1, -0.05) is 12.1 Å². The van der Waals surface area contributed by atoms with Crippen molar-refractivity contribution in [2.45, 2.75) is 26.8 Å². The number of benzene rings is 1. The first-order valence-electron chi connectivity index (χ1n) is 5.16. The van der Waals surface area contributed by atoms with Gasteiger partial charge in [0.2, 0.25) is 0 Å². The summed E-state index contributed by atoms with van der Waals surface area (Å²) in [5, 5.41) is 9.56. The van der Waals surface area contributed by atoms with Crippen molar-refractivity contribution in [2.75, 3.05) is 6.54 Å². The summed E-state index contributed by atoms with van der Waals surface area (Å²) < 4.78 is 0.